The summed E-state index contributed by atoms with van der Waals surface area (Å²) in [7, 11) is 2.18. The molecule has 6 nitrogen and oxygen atoms in total. The molecule has 1 saturated carbocycles. The average Bonchev–Trinajstić information content (AvgIpc) is 3.40. The van der Waals surface area contributed by atoms with Crippen molar-refractivity contribution in [3.63, 3.8) is 0 Å². The molecule has 184 valence electrons. The van der Waals surface area contributed by atoms with Gasteiger partial charge in [-0.3, -0.25) is 4.79 Å². The number of thioether (sulfide) groups is 1. The van der Waals surface area contributed by atoms with E-state index in [1.807, 2.05) is 24.3 Å². The molecule has 7 heteroatoms. The second-order valence-electron chi connectivity index (χ2n) is 9.82. The first kappa shape index (κ1) is 25.0. The van der Waals surface area contributed by atoms with Gasteiger partial charge in [-0.05, 0) is 49.3 Å². The highest BCUT2D eigenvalue weighted by atomic mass is 32.2. The first-order valence-electron chi connectivity index (χ1n) is 12.7. The number of hydrogen-bond acceptors (Lipinski definition) is 6. The molecule has 2 fully saturated rings. The molecule has 1 saturated heterocycles. The molecule has 1 N–H and O–H groups in total. The van der Waals surface area contributed by atoms with E-state index in [4.69, 9.17) is 14.7 Å². The molecule has 0 bridgehead atoms. The van der Waals surface area contributed by atoms with Gasteiger partial charge < -0.3 is 15.0 Å². The van der Waals surface area contributed by atoms with E-state index in [2.05, 4.69) is 37.2 Å². The van der Waals surface area contributed by atoms with Gasteiger partial charge >= 0.3 is 0 Å². The summed E-state index contributed by atoms with van der Waals surface area (Å²) in [6, 6.07) is 10.6. The quantitative estimate of drug-likeness (QED) is 0.372. The van der Waals surface area contributed by atoms with E-state index >= 15 is 0 Å². The summed E-state index contributed by atoms with van der Waals surface area (Å²) in [6.45, 7) is 5.75. The summed E-state index contributed by atoms with van der Waals surface area (Å²) in [6.07, 6.45) is 8.71. The van der Waals surface area contributed by atoms with Crippen LogP contribution < -0.4 is 10.2 Å². The molecule has 2 aliphatic rings. The van der Waals surface area contributed by atoms with Crippen LogP contribution in [0.2, 0.25) is 0 Å². The SMILES string of the molecule is CC(C)c1cc(N(C)C2CCCCC2)nc(SCc2ccc(C(=O)NC[C@@H]3CCCO3)cc2)n1. The number of aromatic nitrogens is 2. The molecule has 2 aromatic rings. The fourth-order valence-electron chi connectivity index (χ4n) is 4.64. The Bertz CT molecular complexity index is 938. The second kappa shape index (κ2) is 12.0. The van der Waals surface area contributed by atoms with Crippen LogP contribution in [0.15, 0.2) is 35.5 Å². The third kappa shape index (κ3) is 6.72. The van der Waals surface area contributed by atoms with Crippen LogP contribution in [-0.2, 0) is 10.5 Å². The van der Waals surface area contributed by atoms with Gasteiger partial charge in [0.05, 0.1) is 6.10 Å². The van der Waals surface area contributed by atoms with Crippen molar-refractivity contribution in [3.8, 4) is 0 Å². The minimum atomic E-state index is -0.0435. The highest BCUT2D eigenvalue weighted by Crippen LogP contribution is 2.29. The Labute approximate surface area is 208 Å². The van der Waals surface area contributed by atoms with Gasteiger partial charge in [0.15, 0.2) is 5.16 Å². The maximum absolute atomic E-state index is 12.4. The van der Waals surface area contributed by atoms with E-state index in [1.165, 1.54) is 32.1 Å². The number of benzene rings is 1. The number of nitrogens with one attached hydrogen (secondary N) is 1. The topological polar surface area (TPSA) is 67.4 Å². The molecular formula is C27H38N4O2S. The van der Waals surface area contributed by atoms with Crippen molar-refractivity contribution in [2.45, 2.75) is 87.8 Å². The largest absolute Gasteiger partial charge is 0.376 e. The monoisotopic (exact) mass is 482 g/mol. The van der Waals surface area contributed by atoms with Crippen LogP contribution in [0.3, 0.4) is 0 Å². The summed E-state index contributed by atoms with van der Waals surface area (Å²) in [5.74, 6) is 2.11. The van der Waals surface area contributed by atoms with E-state index in [0.29, 0.717) is 24.1 Å². The average molecular weight is 483 g/mol. The molecule has 1 atom stereocenters. The molecule has 4 rings (SSSR count). The molecule has 1 aliphatic heterocycles. The molecule has 1 amide bonds. The van der Waals surface area contributed by atoms with Gasteiger partial charge in [0.2, 0.25) is 0 Å². The first-order chi connectivity index (χ1) is 16.5. The highest BCUT2D eigenvalue weighted by molar-refractivity contribution is 7.98. The Morgan fingerprint density at radius 1 is 1.12 bits per heavy atom. The van der Waals surface area contributed by atoms with E-state index in [1.54, 1.807) is 11.8 Å². The van der Waals surface area contributed by atoms with Crippen molar-refractivity contribution in [2.24, 2.45) is 0 Å². The molecule has 1 aromatic heterocycles. The number of nitrogens with zero attached hydrogens (tertiary/aromatic N) is 3. The summed E-state index contributed by atoms with van der Waals surface area (Å²) in [4.78, 5) is 24.5. The zero-order valence-electron chi connectivity index (χ0n) is 20.8. The first-order valence-corrected chi connectivity index (χ1v) is 13.7. The van der Waals surface area contributed by atoms with Crippen LogP contribution in [0.5, 0.6) is 0 Å². The lowest BCUT2D eigenvalue weighted by Crippen LogP contribution is -2.34. The van der Waals surface area contributed by atoms with E-state index < -0.39 is 0 Å². The van der Waals surface area contributed by atoms with Crippen LogP contribution >= 0.6 is 11.8 Å². The van der Waals surface area contributed by atoms with Crippen LogP contribution in [0.4, 0.5) is 5.82 Å². The Morgan fingerprint density at radius 3 is 2.56 bits per heavy atom. The van der Waals surface area contributed by atoms with E-state index in [-0.39, 0.29) is 12.0 Å². The fourth-order valence-corrected chi connectivity index (χ4v) is 5.46. The maximum atomic E-state index is 12.4. The van der Waals surface area contributed by atoms with Gasteiger partial charge in [0.1, 0.15) is 5.82 Å². The lowest BCUT2D eigenvalue weighted by molar-refractivity contribution is 0.0858. The normalized spacial score (nSPS) is 18.9. The third-order valence-electron chi connectivity index (χ3n) is 6.89. The predicted molar refractivity (Wildman–Crippen MR) is 139 cm³/mol. The number of ether oxygens (including phenoxy) is 1. The molecule has 0 radical (unpaired) electrons. The highest BCUT2D eigenvalue weighted by Gasteiger charge is 2.21. The Hall–Kier alpha value is -2.12. The summed E-state index contributed by atoms with van der Waals surface area (Å²) < 4.78 is 5.58. The zero-order chi connectivity index (χ0) is 23.9. The van der Waals surface area contributed by atoms with Crippen molar-refractivity contribution in [3.05, 3.63) is 47.2 Å². The number of hydrogen-bond donors (Lipinski definition) is 1. The van der Waals surface area contributed by atoms with Gasteiger partial charge in [0, 0.05) is 49.3 Å². The lowest BCUT2D eigenvalue weighted by atomic mass is 9.94. The van der Waals surface area contributed by atoms with Crippen molar-refractivity contribution < 1.29 is 9.53 Å². The van der Waals surface area contributed by atoms with Crippen LogP contribution in [0, 0.1) is 0 Å². The van der Waals surface area contributed by atoms with E-state index in [0.717, 1.165) is 47.4 Å². The smallest absolute Gasteiger partial charge is 0.251 e. The molecule has 2 heterocycles. The summed E-state index contributed by atoms with van der Waals surface area (Å²) in [5, 5.41) is 3.81. The Balaban J connectivity index is 1.37. The lowest BCUT2D eigenvalue weighted by Gasteiger charge is -2.32. The minimum Gasteiger partial charge on any atom is -0.376 e. The predicted octanol–water partition coefficient (Wildman–Crippen LogP) is 5.57. The van der Waals surface area contributed by atoms with Gasteiger partial charge in [-0.25, -0.2) is 9.97 Å². The molecule has 0 unspecified atom stereocenters. The van der Waals surface area contributed by atoms with Crippen molar-refractivity contribution in [1.82, 2.24) is 15.3 Å². The van der Waals surface area contributed by atoms with Gasteiger partial charge in [-0.15, -0.1) is 0 Å². The summed E-state index contributed by atoms with van der Waals surface area (Å²) >= 11 is 1.66. The fraction of sp³-hybridized carbons (Fsp3) is 0.593. The number of anilines is 1. The summed E-state index contributed by atoms with van der Waals surface area (Å²) in [5.41, 5.74) is 2.93. The van der Waals surface area contributed by atoms with Crippen LogP contribution in [-0.4, -0.2) is 48.2 Å². The van der Waals surface area contributed by atoms with E-state index in [9.17, 15) is 4.79 Å². The molecule has 1 aromatic carbocycles. The van der Waals surface area contributed by atoms with Crippen molar-refractivity contribution in [1.29, 1.82) is 0 Å². The van der Waals surface area contributed by atoms with Gasteiger partial charge in [-0.2, -0.15) is 0 Å². The Morgan fingerprint density at radius 2 is 1.88 bits per heavy atom. The molecule has 0 spiro atoms. The third-order valence-corrected chi connectivity index (χ3v) is 7.80. The van der Waals surface area contributed by atoms with Crippen LogP contribution in [0.25, 0.3) is 0 Å². The molecule has 34 heavy (non-hydrogen) atoms. The minimum absolute atomic E-state index is 0.0435. The van der Waals surface area contributed by atoms with Crippen molar-refractivity contribution >= 4 is 23.5 Å². The number of carbonyl (C=O) groups is 1. The Kier molecular flexibility index (Phi) is 8.84. The standard InChI is InChI=1S/C27H38N4O2S/c1-19(2)24-16-25(31(3)22-8-5-4-6-9-22)30-27(29-24)34-18-20-11-13-21(14-12-20)26(32)28-17-23-10-7-15-33-23/h11-14,16,19,22-23H,4-10,15,17-18H2,1-3H3,(H,28,32)/t23-/m0/s1. The van der Waals surface area contributed by atoms with Gasteiger partial charge in [-0.1, -0.05) is 57.0 Å². The van der Waals surface area contributed by atoms with Gasteiger partial charge in [0.25, 0.3) is 5.91 Å². The zero-order valence-corrected chi connectivity index (χ0v) is 21.6. The molecular weight excluding hydrogens is 444 g/mol. The second-order valence-corrected chi connectivity index (χ2v) is 10.8. The van der Waals surface area contributed by atoms with Crippen LogP contribution in [0.1, 0.15) is 86.3 Å². The number of carbonyl (C=O) groups excluding carboxylic acids is 1. The number of rotatable bonds is 9. The molecule has 1 aliphatic carbocycles. The van der Waals surface area contributed by atoms with Crippen molar-refractivity contribution in [2.75, 3.05) is 25.1 Å². The maximum Gasteiger partial charge on any atom is 0.251 e. The number of amides is 1.